The highest BCUT2D eigenvalue weighted by Gasteiger charge is 2.24. The second-order valence-electron chi connectivity index (χ2n) is 4.70. The van der Waals surface area contributed by atoms with Gasteiger partial charge >= 0.3 is 12.0 Å². The van der Waals surface area contributed by atoms with Crippen LogP contribution in [0.2, 0.25) is 0 Å². The molecule has 9 heteroatoms. The molecule has 2 amide bonds. The Labute approximate surface area is 147 Å². The van der Waals surface area contributed by atoms with Crippen molar-refractivity contribution in [1.82, 2.24) is 10.6 Å². The van der Waals surface area contributed by atoms with Crippen LogP contribution in [-0.4, -0.2) is 56.1 Å². The number of amides is 2. The van der Waals surface area contributed by atoms with Gasteiger partial charge in [0.05, 0.1) is 13.7 Å². The lowest BCUT2D eigenvalue weighted by Crippen LogP contribution is -2.49. The molecule has 0 unspecified atom stereocenters. The first-order chi connectivity index (χ1) is 10.9. The molecule has 0 aromatic heterocycles. The first-order valence-electron chi connectivity index (χ1n) is 7.22. The molecule has 0 fully saturated rings. The van der Waals surface area contributed by atoms with Crippen molar-refractivity contribution in [3.8, 4) is 0 Å². The molecule has 7 nitrogen and oxygen atoms in total. The van der Waals surface area contributed by atoms with E-state index in [0.29, 0.717) is 31.3 Å². The quantitative estimate of drug-likeness (QED) is 0.213. The molecule has 0 heterocycles. The van der Waals surface area contributed by atoms with Crippen LogP contribution in [0.15, 0.2) is 4.99 Å². The number of ether oxygens (including phenoxy) is 1. The molecular formula is C14H25Cl2N3O4. The third-order valence-electron chi connectivity index (χ3n) is 2.47. The van der Waals surface area contributed by atoms with E-state index in [0.717, 1.165) is 6.42 Å². The molecule has 1 atom stereocenters. The molecule has 23 heavy (non-hydrogen) atoms. The van der Waals surface area contributed by atoms with Crippen molar-refractivity contribution in [3.63, 3.8) is 0 Å². The number of methoxy groups -OCH3 is 1. The van der Waals surface area contributed by atoms with E-state index in [4.69, 9.17) is 23.2 Å². The van der Waals surface area contributed by atoms with Gasteiger partial charge in [0.1, 0.15) is 6.04 Å². The van der Waals surface area contributed by atoms with Gasteiger partial charge in [0.15, 0.2) is 0 Å². The van der Waals surface area contributed by atoms with E-state index in [-0.39, 0.29) is 11.9 Å². The molecule has 0 rings (SSSR count). The fourth-order valence-electron chi connectivity index (χ4n) is 1.27. The highest BCUT2D eigenvalue weighted by atomic mass is 35.5. The van der Waals surface area contributed by atoms with Crippen molar-refractivity contribution in [1.29, 1.82) is 0 Å². The monoisotopic (exact) mass is 369 g/mol. The van der Waals surface area contributed by atoms with Gasteiger partial charge in [-0.2, -0.15) is 0 Å². The Morgan fingerprint density at radius 1 is 1.22 bits per heavy atom. The van der Waals surface area contributed by atoms with Gasteiger partial charge in [-0.3, -0.25) is 0 Å². The highest BCUT2D eigenvalue weighted by Crippen LogP contribution is 2.03. The largest absolute Gasteiger partial charge is 0.467 e. The summed E-state index contributed by atoms with van der Waals surface area (Å²) in [7, 11) is 1.30. The Bertz CT molecular complexity index is 375. The second kappa shape index (κ2) is 17.1. The zero-order valence-electron chi connectivity index (χ0n) is 13.7. The number of isocyanates is 1. The topological polar surface area (TPSA) is 96.9 Å². The van der Waals surface area contributed by atoms with Crippen molar-refractivity contribution >= 4 is 41.3 Å². The molecule has 0 saturated carbocycles. The first-order valence-corrected chi connectivity index (χ1v) is 8.29. The Morgan fingerprint density at radius 3 is 2.26 bits per heavy atom. The number of urea groups is 1. The minimum Gasteiger partial charge on any atom is -0.467 e. The number of carbonyl (C=O) groups excluding carboxylic acids is 3. The highest BCUT2D eigenvalue weighted by molar-refractivity contribution is 6.18. The van der Waals surface area contributed by atoms with Crippen LogP contribution in [0.25, 0.3) is 0 Å². The van der Waals surface area contributed by atoms with Crippen LogP contribution in [0, 0.1) is 5.92 Å². The second-order valence-corrected chi connectivity index (χ2v) is 5.46. The molecule has 0 aromatic carbocycles. The van der Waals surface area contributed by atoms with Crippen molar-refractivity contribution in [2.45, 2.75) is 32.7 Å². The maximum absolute atomic E-state index is 11.4. The average Bonchev–Trinajstić information content (AvgIpc) is 2.53. The number of aliphatic imine (C=N–C) groups is 1. The molecule has 0 spiro atoms. The smallest absolute Gasteiger partial charge is 0.328 e. The van der Waals surface area contributed by atoms with E-state index in [9.17, 15) is 14.4 Å². The first kappa shape index (κ1) is 24.0. The van der Waals surface area contributed by atoms with E-state index in [1.807, 2.05) is 13.8 Å². The molecule has 0 radical (unpaired) electrons. The van der Waals surface area contributed by atoms with Crippen molar-refractivity contribution < 1.29 is 19.1 Å². The predicted molar refractivity (Wildman–Crippen MR) is 90.8 cm³/mol. The summed E-state index contributed by atoms with van der Waals surface area (Å²) < 4.78 is 4.60. The fraction of sp³-hybridized carbons (Fsp3) is 0.786. The molecule has 2 N–H and O–H groups in total. The number of halogens is 2. The summed E-state index contributed by atoms with van der Waals surface area (Å²) >= 11 is 10.7. The van der Waals surface area contributed by atoms with Crippen LogP contribution >= 0.6 is 23.2 Å². The standard InChI is InChI=1S/C10H19ClN2O3.C4H6ClNO/c1-7(2)8(9(14)16-3)13-10(15)12-6-4-5-11;5-2-1-3-6-4-7/h7-8H,4-6H2,1-3H3,(H2,12,13,15);1-3H2/t8-;/m0./s1. The minimum atomic E-state index is -0.624. The maximum atomic E-state index is 11.4. The van der Waals surface area contributed by atoms with E-state index >= 15 is 0 Å². The van der Waals surface area contributed by atoms with Gasteiger partial charge < -0.3 is 15.4 Å². The number of rotatable bonds is 9. The lowest BCUT2D eigenvalue weighted by Gasteiger charge is -2.19. The van der Waals surface area contributed by atoms with E-state index in [1.54, 1.807) is 0 Å². The van der Waals surface area contributed by atoms with Crippen LogP contribution in [0.4, 0.5) is 4.79 Å². The third-order valence-corrected chi connectivity index (χ3v) is 3.01. The molecular weight excluding hydrogens is 345 g/mol. The van der Waals surface area contributed by atoms with E-state index < -0.39 is 12.0 Å². The van der Waals surface area contributed by atoms with Gasteiger partial charge in [0.2, 0.25) is 6.08 Å². The number of alkyl halides is 2. The van der Waals surface area contributed by atoms with Crippen molar-refractivity contribution in [2.24, 2.45) is 10.9 Å². The van der Waals surface area contributed by atoms with Crippen LogP contribution < -0.4 is 10.6 Å². The number of hydrogen-bond acceptors (Lipinski definition) is 5. The number of nitrogens with zero attached hydrogens (tertiary/aromatic N) is 1. The van der Waals surface area contributed by atoms with Crippen molar-refractivity contribution in [3.05, 3.63) is 0 Å². The van der Waals surface area contributed by atoms with Gasteiger partial charge in [0.25, 0.3) is 0 Å². The van der Waals surface area contributed by atoms with Crippen LogP contribution in [0.3, 0.4) is 0 Å². The van der Waals surface area contributed by atoms with E-state index in [2.05, 4.69) is 20.4 Å². The third kappa shape index (κ3) is 15.4. The Kier molecular flexibility index (Phi) is 17.8. The molecule has 0 aliphatic heterocycles. The van der Waals surface area contributed by atoms with Gasteiger partial charge in [-0.1, -0.05) is 13.8 Å². The zero-order valence-corrected chi connectivity index (χ0v) is 15.2. The number of hydrogen-bond donors (Lipinski definition) is 2. The maximum Gasteiger partial charge on any atom is 0.328 e. The fourth-order valence-corrected chi connectivity index (χ4v) is 1.52. The van der Waals surface area contributed by atoms with Crippen LogP contribution in [0.5, 0.6) is 0 Å². The van der Waals surface area contributed by atoms with Crippen LogP contribution in [-0.2, 0) is 14.3 Å². The predicted octanol–water partition coefficient (Wildman–Crippen LogP) is 2.06. The number of esters is 1. The minimum absolute atomic E-state index is 0.0220. The molecule has 0 aliphatic rings. The summed E-state index contributed by atoms with van der Waals surface area (Å²) in [4.78, 5) is 35.3. The average molecular weight is 370 g/mol. The Balaban J connectivity index is 0. The van der Waals surface area contributed by atoms with E-state index in [1.165, 1.54) is 13.2 Å². The number of carbonyl (C=O) groups is 2. The lowest BCUT2D eigenvalue weighted by molar-refractivity contribution is -0.143. The summed E-state index contributed by atoms with van der Waals surface area (Å²) in [6.45, 7) is 4.66. The summed E-state index contributed by atoms with van der Waals surface area (Å²) in [6.07, 6.45) is 2.87. The normalized spacial score (nSPS) is 10.7. The summed E-state index contributed by atoms with van der Waals surface area (Å²) in [5.41, 5.74) is 0. The zero-order chi connectivity index (χ0) is 18.1. The Hall–Kier alpha value is -1.30. The molecule has 0 bridgehead atoms. The number of nitrogens with one attached hydrogen (secondary N) is 2. The van der Waals surface area contributed by atoms with Gasteiger partial charge in [-0.05, 0) is 18.8 Å². The lowest BCUT2D eigenvalue weighted by atomic mass is 10.1. The molecule has 0 aliphatic carbocycles. The molecule has 134 valence electrons. The summed E-state index contributed by atoms with van der Waals surface area (Å²) in [6, 6.07) is -1.00. The molecule has 0 saturated heterocycles. The summed E-state index contributed by atoms with van der Waals surface area (Å²) in [5.74, 6) is 0.588. The van der Waals surface area contributed by atoms with Gasteiger partial charge in [-0.15, -0.1) is 23.2 Å². The SMILES string of the molecule is COC(=O)[C@@H](NC(=O)NCCCCl)C(C)C.O=C=NCCCCl. The van der Waals surface area contributed by atoms with Gasteiger partial charge in [-0.25, -0.2) is 19.4 Å². The Morgan fingerprint density at radius 2 is 1.83 bits per heavy atom. The van der Waals surface area contributed by atoms with Crippen molar-refractivity contribution in [2.75, 3.05) is 32.0 Å². The van der Waals surface area contributed by atoms with Gasteiger partial charge in [0, 0.05) is 18.3 Å². The molecule has 0 aromatic rings. The van der Waals surface area contributed by atoms with Crippen LogP contribution in [0.1, 0.15) is 26.7 Å². The summed E-state index contributed by atoms with van der Waals surface area (Å²) in [5, 5.41) is 5.16.